The van der Waals surface area contributed by atoms with E-state index in [1.165, 1.54) is 5.19 Å². The van der Waals surface area contributed by atoms with Gasteiger partial charge >= 0.3 is 5.97 Å². The third kappa shape index (κ3) is 4.73. The maximum absolute atomic E-state index is 13.0. The van der Waals surface area contributed by atoms with Crippen LogP contribution in [-0.4, -0.2) is 23.8 Å². The number of hydrogen-bond acceptors (Lipinski definition) is 4. The van der Waals surface area contributed by atoms with Crippen molar-refractivity contribution >= 4 is 30.6 Å². The zero-order valence-corrected chi connectivity index (χ0v) is 20.7. The Balaban J connectivity index is 2.73. The normalized spacial score (nSPS) is 12.9. The van der Waals surface area contributed by atoms with Gasteiger partial charge in [0.25, 0.3) is 0 Å². The molecule has 0 aliphatic rings. The molecule has 5 nitrogen and oxygen atoms in total. The number of benzene rings is 1. The molecule has 0 aliphatic carbocycles. The second-order valence-electron chi connectivity index (χ2n) is 9.45. The molecule has 1 aromatic heterocycles. The average Bonchev–Trinajstić information content (AvgIpc) is 2.92. The van der Waals surface area contributed by atoms with Gasteiger partial charge in [0.05, 0.1) is 19.2 Å². The molecule has 0 unspecified atom stereocenters. The van der Waals surface area contributed by atoms with Gasteiger partial charge in [-0.25, -0.2) is 0 Å². The number of esters is 1. The van der Waals surface area contributed by atoms with E-state index in [1.807, 2.05) is 46.8 Å². The van der Waals surface area contributed by atoms with Crippen molar-refractivity contribution < 1.29 is 9.53 Å². The van der Waals surface area contributed by atoms with Gasteiger partial charge in [0.1, 0.15) is 17.3 Å². The lowest BCUT2D eigenvalue weighted by atomic mass is 9.90. The molecule has 0 saturated carbocycles. The molecule has 0 atom stereocenters. The lowest BCUT2D eigenvalue weighted by Gasteiger charge is -2.22. The monoisotopic (exact) mass is 423 g/mol. The SMILES string of the molecule is CCC(C)(C)C(=O)O/C(=C(/C#N)c1ccc([Si](C)(C)C)cc1)c1c(C)c(C)nn1C. The number of rotatable bonds is 6. The van der Waals surface area contributed by atoms with Gasteiger partial charge in [-0.05, 0) is 39.7 Å². The molecule has 0 aliphatic heterocycles. The highest BCUT2D eigenvalue weighted by Crippen LogP contribution is 2.33. The van der Waals surface area contributed by atoms with Crippen LogP contribution in [0.3, 0.4) is 0 Å². The molecule has 30 heavy (non-hydrogen) atoms. The van der Waals surface area contributed by atoms with Crippen molar-refractivity contribution in [3.05, 3.63) is 46.8 Å². The number of carbonyl (C=O) groups excluding carboxylic acids is 1. The van der Waals surface area contributed by atoms with Gasteiger partial charge in [-0.2, -0.15) is 10.4 Å². The molecule has 1 aromatic carbocycles. The zero-order chi connectivity index (χ0) is 22.9. The van der Waals surface area contributed by atoms with Gasteiger partial charge in [0.15, 0.2) is 5.76 Å². The van der Waals surface area contributed by atoms with Gasteiger partial charge in [0, 0.05) is 12.6 Å². The molecule has 0 radical (unpaired) electrons. The van der Waals surface area contributed by atoms with E-state index in [1.54, 1.807) is 11.7 Å². The second kappa shape index (κ2) is 8.61. The fourth-order valence-electron chi connectivity index (χ4n) is 3.06. The van der Waals surface area contributed by atoms with Crippen molar-refractivity contribution in [2.45, 2.75) is 60.7 Å². The summed E-state index contributed by atoms with van der Waals surface area (Å²) >= 11 is 0. The molecule has 0 N–H and O–H groups in total. The molecule has 6 heteroatoms. The highest BCUT2D eigenvalue weighted by molar-refractivity contribution is 6.88. The fourth-order valence-corrected chi connectivity index (χ4v) is 4.22. The van der Waals surface area contributed by atoms with Crippen molar-refractivity contribution in [3.63, 3.8) is 0 Å². The summed E-state index contributed by atoms with van der Waals surface area (Å²) in [5, 5.41) is 15.9. The van der Waals surface area contributed by atoms with Crippen molar-refractivity contribution in [3.8, 4) is 6.07 Å². The molecule has 0 fully saturated rings. The summed E-state index contributed by atoms with van der Waals surface area (Å²) in [6.45, 7) is 16.3. The molecule has 0 bridgehead atoms. The minimum Gasteiger partial charge on any atom is -0.422 e. The first-order valence-corrected chi connectivity index (χ1v) is 13.8. The van der Waals surface area contributed by atoms with E-state index in [0.717, 1.165) is 16.8 Å². The number of allylic oxidation sites excluding steroid dienone is 1. The number of hydrogen-bond donors (Lipinski definition) is 0. The van der Waals surface area contributed by atoms with E-state index in [-0.39, 0.29) is 11.7 Å². The molecule has 0 saturated heterocycles. The average molecular weight is 424 g/mol. The molecule has 1 heterocycles. The maximum atomic E-state index is 13.0. The predicted octanol–water partition coefficient (Wildman–Crippen LogP) is 4.95. The van der Waals surface area contributed by atoms with E-state index in [4.69, 9.17) is 4.74 Å². The molecular formula is C24H33N3O2Si. The molecule has 2 rings (SSSR count). The highest BCUT2D eigenvalue weighted by atomic mass is 28.3. The molecular weight excluding hydrogens is 390 g/mol. The Morgan fingerprint density at radius 3 is 2.17 bits per heavy atom. The van der Waals surface area contributed by atoms with Crippen molar-refractivity contribution in [1.29, 1.82) is 5.26 Å². The molecule has 2 aromatic rings. The quantitative estimate of drug-likeness (QED) is 0.285. The first-order valence-electron chi connectivity index (χ1n) is 10.3. The van der Waals surface area contributed by atoms with Gasteiger partial charge in [-0.15, -0.1) is 0 Å². The summed E-state index contributed by atoms with van der Waals surface area (Å²) in [6, 6.07) is 10.3. The van der Waals surface area contributed by atoms with Crippen LogP contribution in [0.5, 0.6) is 0 Å². The van der Waals surface area contributed by atoms with E-state index >= 15 is 0 Å². The van der Waals surface area contributed by atoms with Crippen LogP contribution in [0.1, 0.15) is 49.7 Å². The number of ether oxygens (including phenoxy) is 1. The number of aromatic nitrogens is 2. The van der Waals surface area contributed by atoms with E-state index in [2.05, 4.69) is 42.9 Å². The van der Waals surface area contributed by atoms with Crippen LogP contribution in [0.4, 0.5) is 0 Å². The number of nitrogens with zero attached hydrogens (tertiary/aromatic N) is 3. The molecule has 0 spiro atoms. The van der Waals surface area contributed by atoms with E-state index in [0.29, 0.717) is 17.7 Å². The Morgan fingerprint density at radius 1 is 1.20 bits per heavy atom. The highest BCUT2D eigenvalue weighted by Gasteiger charge is 2.31. The Hall–Kier alpha value is -2.65. The Labute approximate surface area is 181 Å². The summed E-state index contributed by atoms with van der Waals surface area (Å²) in [5.41, 5.74) is 2.79. The largest absolute Gasteiger partial charge is 0.422 e. The van der Waals surface area contributed by atoms with Crippen LogP contribution >= 0.6 is 0 Å². The number of nitriles is 1. The summed E-state index contributed by atoms with van der Waals surface area (Å²) in [7, 11) is 0.342. The minimum absolute atomic E-state index is 0.269. The van der Waals surface area contributed by atoms with Gasteiger partial charge in [0.2, 0.25) is 0 Å². The Bertz CT molecular complexity index is 1020. The first kappa shape index (κ1) is 23.6. The van der Waals surface area contributed by atoms with Gasteiger partial charge in [-0.3, -0.25) is 9.48 Å². The molecule has 0 amide bonds. The van der Waals surface area contributed by atoms with Crippen LogP contribution in [0.15, 0.2) is 24.3 Å². The third-order valence-corrected chi connectivity index (χ3v) is 7.81. The van der Waals surface area contributed by atoms with Crippen LogP contribution < -0.4 is 5.19 Å². The summed E-state index contributed by atoms with van der Waals surface area (Å²) in [5.74, 6) is -0.0879. The minimum atomic E-state index is -1.46. The number of aryl methyl sites for hydroxylation is 2. The number of carbonyl (C=O) groups is 1. The van der Waals surface area contributed by atoms with Crippen molar-refractivity contribution in [2.75, 3.05) is 0 Å². The Morgan fingerprint density at radius 2 is 1.77 bits per heavy atom. The Kier molecular flexibility index (Phi) is 6.78. The van der Waals surface area contributed by atoms with Crippen LogP contribution in [-0.2, 0) is 16.6 Å². The van der Waals surface area contributed by atoms with Crippen LogP contribution in [0, 0.1) is 30.6 Å². The summed E-state index contributed by atoms with van der Waals surface area (Å²) < 4.78 is 7.62. The predicted molar refractivity (Wildman–Crippen MR) is 125 cm³/mol. The topological polar surface area (TPSA) is 67.9 Å². The van der Waals surface area contributed by atoms with E-state index < -0.39 is 13.5 Å². The smallest absolute Gasteiger partial charge is 0.317 e. The van der Waals surface area contributed by atoms with Gasteiger partial charge in [-0.1, -0.05) is 56.0 Å². The van der Waals surface area contributed by atoms with Crippen molar-refractivity contribution in [1.82, 2.24) is 9.78 Å². The third-order valence-electron chi connectivity index (χ3n) is 5.75. The van der Waals surface area contributed by atoms with Gasteiger partial charge < -0.3 is 4.74 Å². The second-order valence-corrected chi connectivity index (χ2v) is 14.5. The zero-order valence-electron chi connectivity index (χ0n) is 19.7. The first-order chi connectivity index (χ1) is 13.8. The summed E-state index contributed by atoms with van der Waals surface area (Å²) in [4.78, 5) is 13.0. The lowest BCUT2D eigenvalue weighted by molar-refractivity contribution is -0.146. The van der Waals surface area contributed by atoms with E-state index in [9.17, 15) is 10.1 Å². The van der Waals surface area contributed by atoms with Crippen LogP contribution in [0.2, 0.25) is 19.6 Å². The van der Waals surface area contributed by atoms with Crippen LogP contribution in [0.25, 0.3) is 11.3 Å². The maximum Gasteiger partial charge on any atom is 0.317 e. The fraction of sp³-hybridized carbons (Fsp3) is 0.458. The van der Waals surface area contributed by atoms with Crippen molar-refractivity contribution in [2.24, 2.45) is 12.5 Å². The lowest BCUT2D eigenvalue weighted by Crippen LogP contribution is -2.37. The molecule has 160 valence electrons. The standard InChI is InChI=1S/C24H33N3O2Si/c1-10-24(4,5)23(28)29-22(21-16(2)17(3)26-27(21)6)20(15-25)18-11-13-19(14-12-18)30(7,8)9/h11-14H,10H2,1-9H3/b22-20-. The summed E-state index contributed by atoms with van der Waals surface area (Å²) in [6.07, 6.45) is 0.634.